The van der Waals surface area contributed by atoms with Crippen LogP contribution in [0.3, 0.4) is 0 Å². The summed E-state index contributed by atoms with van der Waals surface area (Å²) in [5, 5.41) is 3.08. The number of hydrogen-bond acceptors (Lipinski definition) is 5. The maximum absolute atomic E-state index is 14.1. The number of rotatable bonds is 7. The number of anilines is 1. The van der Waals surface area contributed by atoms with Gasteiger partial charge >= 0.3 is 17.8 Å². The van der Waals surface area contributed by atoms with Crippen molar-refractivity contribution in [1.29, 1.82) is 0 Å². The first kappa shape index (κ1) is 23.3. The van der Waals surface area contributed by atoms with E-state index >= 15 is 0 Å². The van der Waals surface area contributed by atoms with Gasteiger partial charge in [0.2, 0.25) is 0 Å². The van der Waals surface area contributed by atoms with E-state index in [2.05, 4.69) is 4.74 Å². The van der Waals surface area contributed by atoms with Crippen LogP contribution in [0.4, 0.5) is 23.2 Å². The second-order valence-corrected chi connectivity index (χ2v) is 6.31. The Hall–Kier alpha value is -3.01. The number of alkyl halides is 3. The SMILES string of the molecule is CCOC(=O)C(NC(=O)c1ccc(OC)cc1)(Nc1ccc(F)c(Cl)c1)C(F)(F)F. The third kappa shape index (κ3) is 4.93. The van der Waals surface area contributed by atoms with Crippen molar-refractivity contribution in [3.63, 3.8) is 0 Å². The smallest absolute Gasteiger partial charge is 0.441 e. The van der Waals surface area contributed by atoms with E-state index in [4.69, 9.17) is 16.3 Å². The lowest BCUT2D eigenvalue weighted by Gasteiger charge is -2.35. The molecule has 1 unspecified atom stereocenters. The summed E-state index contributed by atoms with van der Waals surface area (Å²) in [5.74, 6) is -3.53. The number of carbonyl (C=O) groups is 2. The summed E-state index contributed by atoms with van der Waals surface area (Å²) in [6.45, 7) is 0.917. The Bertz CT molecular complexity index is 922. The summed E-state index contributed by atoms with van der Waals surface area (Å²) in [6.07, 6.45) is -5.34. The molecule has 0 heterocycles. The molecule has 30 heavy (non-hydrogen) atoms. The third-order valence-corrected chi connectivity index (χ3v) is 4.20. The number of amides is 1. The van der Waals surface area contributed by atoms with Gasteiger partial charge in [-0.3, -0.25) is 4.79 Å². The number of benzene rings is 2. The first-order chi connectivity index (χ1) is 14.0. The Morgan fingerprint density at radius 2 is 1.73 bits per heavy atom. The molecule has 11 heteroatoms. The van der Waals surface area contributed by atoms with Gasteiger partial charge in [-0.2, -0.15) is 13.2 Å². The van der Waals surface area contributed by atoms with Crippen molar-refractivity contribution < 1.29 is 36.6 Å². The minimum atomic E-state index is -5.34. The first-order valence-electron chi connectivity index (χ1n) is 8.47. The van der Waals surface area contributed by atoms with Crippen LogP contribution >= 0.6 is 11.6 Å². The third-order valence-electron chi connectivity index (χ3n) is 3.91. The molecule has 2 aromatic carbocycles. The molecule has 0 aliphatic heterocycles. The van der Waals surface area contributed by atoms with Gasteiger partial charge in [-0.1, -0.05) is 11.6 Å². The summed E-state index contributed by atoms with van der Waals surface area (Å²) < 4.78 is 65.2. The number of halogens is 5. The molecule has 2 rings (SSSR count). The molecule has 1 amide bonds. The minimum Gasteiger partial charge on any atom is -0.497 e. The summed E-state index contributed by atoms with van der Waals surface area (Å²) in [5.41, 5.74) is -4.21. The van der Waals surface area contributed by atoms with Crippen LogP contribution in [0.25, 0.3) is 0 Å². The molecule has 0 radical (unpaired) electrons. The van der Waals surface area contributed by atoms with Crippen molar-refractivity contribution in [2.75, 3.05) is 19.0 Å². The van der Waals surface area contributed by atoms with Crippen LogP contribution in [0.2, 0.25) is 5.02 Å². The van der Waals surface area contributed by atoms with Gasteiger partial charge in [-0.25, -0.2) is 9.18 Å². The predicted molar refractivity (Wildman–Crippen MR) is 101 cm³/mol. The number of hydrogen-bond donors (Lipinski definition) is 2. The number of esters is 1. The molecule has 0 bridgehead atoms. The van der Waals surface area contributed by atoms with Crippen molar-refractivity contribution >= 4 is 29.2 Å². The summed E-state index contributed by atoms with van der Waals surface area (Å²) in [4.78, 5) is 24.9. The van der Waals surface area contributed by atoms with E-state index in [9.17, 15) is 27.2 Å². The molecule has 0 aromatic heterocycles. The van der Waals surface area contributed by atoms with Gasteiger partial charge in [0.25, 0.3) is 5.91 Å². The van der Waals surface area contributed by atoms with Crippen LogP contribution in [-0.2, 0) is 9.53 Å². The Morgan fingerprint density at radius 3 is 2.23 bits per heavy atom. The van der Waals surface area contributed by atoms with Gasteiger partial charge < -0.3 is 20.1 Å². The Kier molecular flexibility index (Phi) is 7.14. The highest BCUT2D eigenvalue weighted by Gasteiger charge is 2.63. The molecule has 2 aromatic rings. The predicted octanol–water partition coefficient (Wildman–Crippen LogP) is 4.15. The maximum atomic E-state index is 14.1. The average molecular weight is 449 g/mol. The topological polar surface area (TPSA) is 76.7 Å². The van der Waals surface area contributed by atoms with Crippen molar-refractivity contribution in [3.05, 3.63) is 58.9 Å². The molecule has 0 saturated heterocycles. The fraction of sp³-hybridized carbons (Fsp3) is 0.263. The summed E-state index contributed by atoms with van der Waals surface area (Å²) in [7, 11) is 1.38. The molecule has 0 saturated carbocycles. The second-order valence-electron chi connectivity index (χ2n) is 5.90. The van der Waals surface area contributed by atoms with E-state index in [0.717, 1.165) is 18.2 Å². The van der Waals surface area contributed by atoms with E-state index in [1.165, 1.54) is 38.3 Å². The fourth-order valence-electron chi connectivity index (χ4n) is 2.41. The van der Waals surface area contributed by atoms with Crippen LogP contribution in [0.15, 0.2) is 42.5 Å². The molecule has 0 aliphatic rings. The Morgan fingerprint density at radius 1 is 1.10 bits per heavy atom. The van der Waals surface area contributed by atoms with E-state index in [0.29, 0.717) is 5.75 Å². The standard InChI is InChI=1S/C19H17ClF4N2O4/c1-3-30-17(28)18(19(22,23)24,25-12-6-9-15(21)14(20)10-12)26-16(27)11-4-7-13(29-2)8-5-11/h4-10,25H,3H2,1-2H3,(H,26,27). The molecule has 6 nitrogen and oxygen atoms in total. The highest BCUT2D eigenvalue weighted by Crippen LogP contribution is 2.34. The van der Waals surface area contributed by atoms with Crippen LogP contribution in [0.5, 0.6) is 5.75 Å². The lowest BCUT2D eigenvalue weighted by molar-refractivity contribution is -0.204. The molecule has 2 N–H and O–H groups in total. The lowest BCUT2D eigenvalue weighted by atomic mass is 10.1. The van der Waals surface area contributed by atoms with Gasteiger partial charge in [-0.15, -0.1) is 0 Å². The van der Waals surface area contributed by atoms with Crippen molar-refractivity contribution in [1.82, 2.24) is 5.32 Å². The number of nitrogens with one attached hydrogen (secondary N) is 2. The highest BCUT2D eigenvalue weighted by molar-refractivity contribution is 6.31. The molecule has 1 atom stereocenters. The Balaban J connectivity index is 2.50. The van der Waals surface area contributed by atoms with Gasteiger partial charge in [-0.05, 0) is 49.4 Å². The van der Waals surface area contributed by atoms with Gasteiger partial charge in [0, 0.05) is 11.3 Å². The van der Waals surface area contributed by atoms with E-state index < -0.39 is 34.6 Å². The van der Waals surface area contributed by atoms with Gasteiger partial charge in [0.05, 0.1) is 18.7 Å². The Labute approximate surface area is 174 Å². The van der Waals surface area contributed by atoms with Crippen LogP contribution in [0.1, 0.15) is 17.3 Å². The number of carbonyl (C=O) groups excluding carboxylic acids is 2. The quantitative estimate of drug-likeness (QED) is 0.378. The van der Waals surface area contributed by atoms with E-state index in [1.807, 2.05) is 5.32 Å². The zero-order valence-electron chi connectivity index (χ0n) is 15.8. The van der Waals surface area contributed by atoms with Crippen LogP contribution in [0, 0.1) is 5.82 Å². The van der Waals surface area contributed by atoms with E-state index in [-0.39, 0.29) is 17.9 Å². The second kappa shape index (κ2) is 9.21. The monoisotopic (exact) mass is 448 g/mol. The molecule has 162 valence electrons. The van der Waals surface area contributed by atoms with Crippen molar-refractivity contribution in [3.8, 4) is 5.75 Å². The van der Waals surface area contributed by atoms with Crippen molar-refractivity contribution in [2.24, 2.45) is 0 Å². The lowest BCUT2D eigenvalue weighted by Crippen LogP contribution is -2.69. The van der Waals surface area contributed by atoms with Gasteiger partial charge in [0.1, 0.15) is 11.6 Å². The first-order valence-corrected chi connectivity index (χ1v) is 8.85. The average Bonchev–Trinajstić information content (AvgIpc) is 2.69. The summed E-state index contributed by atoms with van der Waals surface area (Å²) in [6, 6.07) is 7.74. The molecule has 0 aliphatic carbocycles. The van der Waals surface area contributed by atoms with Gasteiger partial charge in [0.15, 0.2) is 0 Å². The minimum absolute atomic E-state index is 0.173. The van der Waals surface area contributed by atoms with Crippen LogP contribution in [-0.4, -0.2) is 37.4 Å². The normalized spacial score (nSPS) is 13.2. The summed E-state index contributed by atoms with van der Waals surface area (Å²) >= 11 is 5.62. The molecule has 0 fully saturated rings. The highest BCUT2D eigenvalue weighted by atomic mass is 35.5. The maximum Gasteiger partial charge on any atom is 0.441 e. The zero-order chi connectivity index (χ0) is 22.5. The zero-order valence-corrected chi connectivity index (χ0v) is 16.5. The molecular weight excluding hydrogens is 432 g/mol. The van der Waals surface area contributed by atoms with Crippen LogP contribution < -0.4 is 15.4 Å². The molecular formula is C19H17ClF4N2O4. The molecule has 0 spiro atoms. The van der Waals surface area contributed by atoms with E-state index in [1.54, 1.807) is 5.32 Å². The number of ether oxygens (including phenoxy) is 2. The number of methoxy groups -OCH3 is 1. The fourth-order valence-corrected chi connectivity index (χ4v) is 2.59. The largest absolute Gasteiger partial charge is 0.497 e. The van der Waals surface area contributed by atoms with Crippen molar-refractivity contribution in [2.45, 2.75) is 18.8 Å².